The Hall–Kier alpha value is -2.04. The summed E-state index contributed by atoms with van der Waals surface area (Å²) in [5, 5.41) is 9.34. The van der Waals surface area contributed by atoms with Crippen molar-refractivity contribution in [3.05, 3.63) is 59.7 Å². The van der Waals surface area contributed by atoms with Crippen LogP contribution >= 0.6 is 0 Å². The molecule has 152 valence electrons. The summed E-state index contributed by atoms with van der Waals surface area (Å²) in [6, 6.07) is 16.5. The average molecular weight is 385 g/mol. The number of rotatable bonds is 9. The Labute approximate surface area is 168 Å². The summed E-state index contributed by atoms with van der Waals surface area (Å²) >= 11 is 0. The maximum Gasteiger partial charge on any atom is 0.120 e. The number of ether oxygens (including phenoxy) is 3. The van der Waals surface area contributed by atoms with E-state index in [1.807, 2.05) is 24.3 Å². The fraction of sp³-hybridized carbons (Fsp3) is 0.500. The van der Waals surface area contributed by atoms with Gasteiger partial charge in [0.05, 0.1) is 18.8 Å². The molecule has 4 heteroatoms. The zero-order valence-corrected chi connectivity index (χ0v) is 17.6. The van der Waals surface area contributed by atoms with Crippen molar-refractivity contribution in [2.75, 3.05) is 13.2 Å². The van der Waals surface area contributed by atoms with E-state index >= 15 is 0 Å². The summed E-state index contributed by atoms with van der Waals surface area (Å²) in [5.74, 6) is 1.65. The molecule has 0 aliphatic carbocycles. The topological polar surface area (TPSA) is 51.2 Å². The van der Waals surface area contributed by atoms with Crippen LogP contribution in [0.2, 0.25) is 0 Å². The van der Waals surface area contributed by atoms with Crippen LogP contribution in [0.4, 0.5) is 0 Å². The molecule has 1 saturated heterocycles. The quantitative estimate of drug-likeness (QED) is 0.636. The number of hydrogen-bond acceptors (Lipinski definition) is 4. The van der Waals surface area contributed by atoms with Gasteiger partial charge in [0, 0.05) is 11.8 Å². The third kappa shape index (κ3) is 5.49. The molecule has 3 rings (SSSR count). The van der Waals surface area contributed by atoms with Crippen molar-refractivity contribution in [2.45, 2.75) is 64.3 Å². The summed E-state index contributed by atoms with van der Waals surface area (Å²) in [5.41, 5.74) is 2.05. The third-order valence-electron chi connectivity index (χ3n) is 5.16. The minimum absolute atomic E-state index is 0.140. The summed E-state index contributed by atoms with van der Waals surface area (Å²) in [7, 11) is 0. The van der Waals surface area contributed by atoms with Crippen molar-refractivity contribution in [1.82, 2.24) is 0 Å². The highest BCUT2D eigenvalue weighted by Crippen LogP contribution is 2.34. The lowest BCUT2D eigenvalue weighted by Gasteiger charge is -2.28. The Morgan fingerprint density at radius 1 is 0.964 bits per heavy atom. The monoisotopic (exact) mass is 384 g/mol. The predicted molar refractivity (Wildman–Crippen MR) is 111 cm³/mol. The van der Waals surface area contributed by atoms with Crippen LogP contribution in [-0.2, 0) is 10.2 Å². The van der Waals surface area contributed by atoms with Gasteiger partial charge in [-0.25, -0.2) is 0 Å². The van der Waals surface area contributed by atoms with Crippen LogP contribution in [0, 0.1) is 0 Å². The maximum absolute atomic E-state index is 9.34. The van der Waals surface area contributed by atoms with Gasteiger partial charge in [-0.2, -0.15) is 0 Å². The predicted octanol–water partition coefficient (Wildman–Crippen LogP) is 4.72. The molecule has 0 radical (unpaired) electrons. The second-order valence-corrected chi connectivity index (χ2v) is 8.86. The molecule has 2 aromatic rings. The molecule has 4 nitrogen and oxygen atoms in total. The molecular weight excluding hydrogens is 352 g/mol. The number of hydrogen-bond donors (Lipinski definition) is 1. The van der Waals surface area contributed by atoms with E-state index in [0.717, 1.165) is 24.5 Å². The first kappa shape index (κ1) is 20.7. The van der Waals surface area contributed by atoms with E-state index in [2.05, 4.69) is 52.0 Å². The Kier molecular flexibility index (Phi) is 6.01. The molecule has 0 spiro atoms. The second-order valence-electron chi connectivity index (χ2n) is 8.86. The lowest BCUT2D eigenvalue weighted by Crippen LogP contribution is -2.30. The highest BCUT2D eigenvalue weighted by molar-refractivity contribution is 5.42. The summed E-state index contributed by atoms with van der Waals surface area (Å²) in [6.07, 6.45) is 0.781. The van der Waals surface area contributed by atoms with Gasteiger partial charge in [0.1, 0.15) is 23.7 Å². The van der Waals surface area contributed by atoms with E-state index in [0.29, 0.717) is 12.7 Å². The Bertz CT molecular complexity index is 756. The van der Waals surface area contributed by atoms with Crippen molar-refractivity contribution in [3.63, 3.8) is 0 Å². The van der Waals surface area contributed by atoms with Crippen LogP contribution in [0.25, 0.3) is 0 Å². The van der Waals surface area contributed by atoms with Gasteiger partial charge >= 0.3 is 0 Å². The van der Waals surface area contributed by atoms with Crippen molar-refractivity contribution in [3.8, 4) is 11.5 Å². The number of benzene rings is 2. The summed E-state index contributed by atoms with van der Waals surface area (Å²) < 4.78 is 17.1. The van der Waals surface area contributed by atoms with Gasteiger partial charge in [-0.05, 0) is 56.2 Å². The molecule has 1 heterocycles. The largest absolute Gasteiger partial charge is 0.491 e. The summed E-state index contributed by atoms with van der Waals surface area (Å²) in [4.78, 5) is 0. The molecule has 2 atom stereocenters. The first-order valence-electron chi connectivity index (χ1n) is 9.98. The molecule has 0 amide bonds. The van der Waals surface area contributed by atoms with Crippen LogP contribution in [0.5, 0.6) is 11.5 Å². The van der Waals surface area contributed by atoms with Gasteiger partial charge in [0.15, 0.2) is 0 Å². The summed E-state index contributed by atoms with van der Waals surface area (Å²) in [6.45, 7) is 11.5. The molecule has 2 aromatic carbocycles. The van der Waals surface area contributed by atoms with Crippen molar-refractivity contribution in [1.29, 1.82) is 0 Å². The number of aliphatic hydroxyl groups excluding tert-OH is 1. The molecule has 28 heavy (non-hydrogen) atoms. The highest BCUT2D eigenvalue weighted by atomic mass is 16.6. The Morgan fingerprint density at radius 2 is 1.46 bits per heavy atom. The lowest BCUT2D eigenvalue weighted by molar-refractivity contribution is 0.0895. The van der Waals surface area contributed by atoms with Crippen LogP contribution in [0.15, 0.2) is 48.5 Å². The molecule has 1 fully saturated rings. The second kappa shape index (κ2) is 8.14. The molecule has 0 aromatic heterocycles. The first-order valence-corrected chi connectivity index (χ1v) is 9.98. The molecule has 0 saturated carbocycles. The van der Waals surface area contributed by atoms with Gasteiger partial charge < -0.3 is 19.3 Å². The highest BCUT2D eigenvalue weighted by Gasteiger charge is 2.33. The maximum atomic E-state index is 9.34. The molecular formula is C24H32O4. The molecule has 2 unspecified atom stereocenters. The van der Waals surface area contributed by atoms with E-state index in [9.17, 15) is 5.11 Å². The first-order chi connectivity index (χ1) is 13.2. The normalized spacial score (nSPS) is 17.9. The van der Waals surface area contributed by atoms with Gasteiger partial charge in [-0.15, -0.1) is 0 Å². The van der Waals surface area contributed by atoms with Crippen molar-refractivity contribution < 1.29 is 19.3 Å². The lowest BCUT2D eigenvalue weighted by atomic mass is 9.78. The molecule has 1 aliphatic heterocycles. The zero-order chi connectivity index (χ0) is 20.4. The smallest absolute Gasteiger partial charge is 0.120 e. The fourth-order valence-corrected chi connectivity index (χ4v) is 3.39. The molecule has 1 N–H and O–H groups in total. The molecule has 1 aliphatic rings. The van der Waals surface area contributed by atoms with Crippen molar-refractivity contribution >= 4 is 0 Å². The van der Waals surface area contributed by atoms with Crippen LogP contribution in [0.1, 0.15) is 52.2 Å². The Balaban J connectivity index is 1.67. The van der Waals surface area contributed by atoms with Gasteiger partial charge in [0.25, 0.3) is 0 Å². The van der Waals surface area contributed by atoms with Gasteiger partial charge in [0.2, 0.25) is 0 Å². The molecule has 0 bridgehead atoms. The Morgan fingerprint density at radius 3 is 1.93 bits per heavy atom. The SMILES string of the molecule is CC(O)COc1ccc(C(C)(C)c2ccc(OC(C)(C)CC3CO3)cc2)cc1. The number of aliphatic hydroxyl groups is 1. The van der Waals surface area contributed by atoms with Crippen molar-refractivity contribution in [2.24, 2.45) is 0 Å². The van der Waals surface area contributed by atoms with Gasteiger partial charge in [-0.3, -0.25) is 0 Å². The van der Waals surface area contributed by atoms with E-state index in [1.54, 1.807) is 6.92 Å². The van der Waals surface area contributed by atoms with Crippen LogP contribution < -0.4 is 9.47 Å². The standard InChI is InChI=1S/C24H32O4/c1-17(25)15-26-20-10-6-18(7-11-20)24(4,5)19-8-12-21(13-9-19)28-23(2,3)14-22-16-27-22/h6-13,17,22,25H,14-16H2,1-5H3. The van der Waals surface area contributed by atoms with E-state index in [4.69, 9.17) is 14.2 Å². The third-order valence-corrected chi connectivity index (χ3v) is 5.16. The fourth-order valence-electron chi connectivity index (χ4n) is 3.39. The van der Waals surface area contributed by atoms with E-state index in [1.165, 1.54) is 11.1 Å². The minimum Gasteiger partial charge on any atom is -0.491 e. The van der Waals surface area contributed by atoms with Crippen LogP contribution in [-0.4, -0.2) is 36.1 Å². The van der Waals surface area contributed by atoms with Gasteiger partial charge in [-0.1, -0.05) is 38.1 Å². The minimum atomic E-state index is -0.473. The average Bonchev–Trinajstić information content (AvgIpc) is 3.43. The van der Waals surface area contributed by atoms with E-state index in [-0.39, 0.29) is 11.0 Å². The van der Waals surface area contributed by atoms with E-state index < -0.39 is 6.10 Å². The zero-order valence-electron chi connectivity index (χ0n) is 17.6. The number of epoxide rings is 1. The van der Waals surface area contributed by atoms with Crippen LogP contribution in [0.3, 0.4) is 0 Å².